The molecule has 8 heteroatoms. The fourth-order valence-electron chi connectivity index (χ4n) is 4.89. The Morgan fingerprint density at radius 2 is 1.84 bits per heavy atom. The van der Waals surface area contributed by atoms with Gasteiger partial charge in [0.05, 0.1) is 11.9 Å². The molecule has 168 valence electrons. The summed E-state index contributed by atoms with van der Waals surface area (Å²) >= 11 is 7.82. The summed E-state index contributed by atoms with van der Waals surface area (Å²) < 4.78 is 0. The van der Waals surface area contributed by atoms with Gasteiger partial charge in [0.25, 0.3) is 5.56 Å². The average molecular weight is 471 g/mol. The van der Waals surface area contributed by atoms with E-state index >= 15 is 0 Å². The number of benzene rings is 1. The van der Waals surface area contributed by atoms with Gasteiger partial charge in [0, 0.05) is 53.6 Å². The van der Waals surface area contributed by atoms with E-state index in [-0.39, 0.29) is 11.5 Å². The normalized spacial score (nSPS) is 18.3. The van der Waals surface area contributed by atoms with Crippen LogP contribution in [0.2, 0.25) is 5.02 Å². The molecule has 1 aliphatic carbocycles. The van der Waals surface area contributed by atoms with Crippen molar-refractivity contribution >= 4 is 39.1 Å². The van der Waals surface area contributed by atoms with Crippen LogP contribution in [0.3, 0.4) is 0 Å². The number of halogens is 1. The van der Waals surface area contributed by atoms with Crippen molar-refractivity contribution in [2.45, 2.75) is 38.6 Å². The molecule has 1 aromatic carbocycles. The molecule has 1 amide bonds. The van der Waals surface area contributed by atoms with Gasteiger partial charge < -0.3 is 9.88 Å². The third kappa shape index (κ3) is 4.34. The first-order valence-electron chi connectivity index (χ1n) is 11.4. The van der Waals surface area contributed by atoms with Crippen molar-refractivity contribution in [1.82, 2.24) is 19.8 Å². The van der Waals surface area contributed by atoms with Crippen LogP contribution in [0.15, 0.2) is 34.4 Å². The second-order valence-electron chi connectivity index (χ2n) is 8.76. The van der Waals surface area contributed by atoms with E-state index in [4.69, 9.17) is 16.6 Å². The molecule has 1 aliphatic heterocycles. The molecule has 0 bridgehead atoms. The first-order chi connectivity index (χ1) is 15.6. The minimum atomic E-state index is -0.132. The monoisotopic (exact) mass is 470 g/mol. The highest BCUT2D eigenvalue weighted by Gasteiger charge is 2.28. The number of aromatic amines is 1. The number of carbonyl (C=O) groups excluding carboxylic acids is 1. The van der Waals surface area contributed by atoms with Gasteiger partial charge in [-0.25, -0.2) is 4.98 Å². The summed E-state index contributed by atoms with van der Waals surface area (Å²) in [6.07, 6.45) is 5.71. The van der Waals surface area contributed by atoms with Crippen molar-refractivity contribution < 1.29 is 4.79 Å². The molecule has 1 saturated carbocycles. The first kappa shape index (κ1) is 21.6. The van der Waals surface area contributed by atoms with Crippen molar-refractivity contribution in [1.29, 1.82) is 0 Å². The predicted octanol–water partition coefficient (Wildman–Crippen LogP) is 4.53. The van der Waals surface area contributed by atoms with Crippen LogP contribution in [0.1, 0.15) is 37.9 Å². The Hall–Kier alpha value is -2.22. The Bertz CT molecular complexity index is 1180. The topological polar surface area (TPSA) is 69.3 Å². The van der Waals surface area contributed by atoms with Crippen LogP contribution in [-0.4, -0.2) is 51.9 Å². The fourth-order valence-corrected chi connectivity index (χ4v) is 6.09. The van der Waals surface area contributed by atoms with Gasteiger partial charge in [-0.1, -0.05) is 49.1 Å². The molecule has 2 fully saturated rings. The number of nitrogens with one attached hydrogen (secondary N) is 1. The van der Waals surface area contributed by atoms with Crippen LogP contribution in [-0.2, 0) is 11.3 Å². The fraction of sp³-hybridized carbons (Fsp3) is 0.458. The second kappa shape index (κ2) is 9.33. The quantitative estimate of drug-likeness (QED) is 0.608. The number of hydrogen-bond donors (Lipinski definition) is 1. The number of piperazine rings is 1. The van der Waals surface area contributed by atoms with Crippen molar-refractivity contribution in [3.8, 4) is 11.1 Å². The van der Waals surface area contributed by atoms with E-state index < -0.39 is 0 Å². The standard InChI is InChI=1S/C24H27ClN4O2S/c25-19-9-5-4-8-17(19)18-15-32-23-21(18)22(30)26-20(27-23)14-28-10-12-29(13-11-28)24(31)16-6-2-1-3-7-16/h4-5,8-9,15-16H,1-3,6-7,10-14H2,(H,26,27,30). The number of hydrogen-bond acceptors (Lipinski definition) is 5. The van der Waals surface area contributed by atoms with Gasteiger partial charge in [0.1, 0.15) is 10.7 Å². The SMILES string of the molecule is O=C(C1CCCCC1)N1CCN(Cc2nc3scc(-c4ccccc4Cl)c3c(=O)[nH]2)CC1. The average Bonchev–Trinajstić information content (AvgIpc) is 3.24. The van der Waals surface area contributed by atoms with E-state index in [1.54, 1.807) is 0 Å². The van der Waals surface area contributed by atoms with Crippen LogP contribution in [0.25, 0.3) is 21.3 Å². The lowest BCUT2D eigenvalue weighted by Crippen LogP contribution is -2.50. The van der Waals surface area contributed by atoms with E-state index in [1.165, 1.54) is 30.6 Å². The molecule has 0 atom stereocenters. The molecular weight excluding hydrogens is 444 g/mol. The zero-order valence-corrected chi connectivity index (χ0v) is 19.6. The third-order valence-electron chi connectivity index (χ3n) is 6.67. The molecule has 2 aromatic heterocycles. The van der Waals surface area contributed by atoms with Crippen LogP contribution in [0.5, 0.6) is 0 Å². The molecule has 0 spiro atoms. The molecule has 0 unspecified atom stereocenters. The van der Waals surface area contributed by atoms with Gasteiger partial charge in [-0.3, -0.25) is 14.5 Å². The molecule has 1 N–H and O–H groups in total. The number of thiophene rings is 1. The zero-order chi connectivity index (χ0) is 22.1. The maximum atomic E-state index is 12.9. The summed E-state index contributed by atoms with van der Waals surface area (Å²) in [7, 11) is 0. The maximum Gasteiger partial charge on any atom is 0.260 e. The van der Waals surface area contributed by atoms with Gasteiger partial charge in [-0.05, 0) is 18.9 Å². The molecule has 1 saturated heterocycles. The van der Waals surface area contributed by atoms with E-state index in [9.17, 15) is 9.59 Å². The van der Waals surface area contributed by atoms with Gasteiger partial charge in [0.15, 0.2) is 0 Å². The summed E-state index contributed by atoms with van der Waals surface area (Å²) in [5.74, 6) is 1.23. The molecule has 2 aliphatic rings. The highest BCUT2D eigenvalue weighted by Crippen LogP contribution is 2.35. The number of H-pyrrole nitrogens is 1. The zero-order valence-electron chi connectivity index (χ0n) is 18.0. The Labute approximate surface area is 196 Å². The summed E-state index contributed by atoms with van der Waals surface area (Å²) in [4.78, 5) is 38.4. The molecule has 32 heavy (non-hydrogen) atoms. The molecular formula is C24H27ClN4O2S. The second-order valence-corrected chi connectivity index (χ2v) is 10.0. The highest BCUT2D eigenvalue weighted by molar-refractivity contribution is 7.17. The van der Waals surface area contributed by atoms with Gasteiger partial charge in [-0.2, -0.15) is 0 Å². The lowest BCUT2D eigenvalue weighted by molar-refractivity contribution is -0.138. The van der Waals surface area contributed by atoms with E-state index in [2.05, 4.69) is 9.88 Å². The lowest BCUT2D eigenvalue weighted by Gasteiger charge is -2.36. The number of aromatic nitrogens is 2. The van der Waals surface area contributed by atoms with Crippen LogP contribution in [0.4, 0.5) is 0 Å². The predicted molar refractivity (Wildman–Crippen MR) is 129 cm³/mol. The van der Waals surface area contributed by atoms with Crippen molar-refractivity contribution in [2.75, 3.05) is 26.2 Å². The van der Waals surface area contributed by atoms with Crippen LogP contribution < -0.4 is 5.56 Å². The van der Waals surface area contributed by atoms with Crippen molar-refractivity contribution in [2.24, 2.45) is 5.92 Å². The first-order valence-corrected chi connectivity index (χ1v) is 12.6. The minimum absolute atomic E-state index is 0.132. The third-order valence-corrected chi connectivity index (χ3v) is 7.87. The largest absolute Gasteiger partial charge is 0.340 e. The number of nitrogens with zero attached hydrogens (tertiary/aromatic N) is 3. The molecule has 5 rings (SSSR count). The molecule has 3 aromatic rings. The van der Waals surface area contributed by atoms with E-state index in [0.29, 0.717) is 28.7 Å². The molecule has 6 nitrogen and oxygen atoms in total. The Kier molecular flexibility index (Phi) is 6.31. The Morgan fingerprint density at radius 1 is 1.09 bits per heavy atom. The summed E-state index contributed by atoms with van der Waals surface area (Å²) in [6.45, 7) is 3.68. The summed E-state index contributed by atoms with van der Waals surface area (Å²) in [6, 6.07) is 7.54. The smallest absolute Gasteiger partial charge is 0.260 e. The van der Waals surface area contributed by atoms with Gasteiger partial charge in [0.2, 0.25) is 5.91 Å². The Balaban J connectivity index is 1.27. The van der Waals surface area contributed by atoms with Crippen LogP contribution >= 0.6 is 22.9 Å². The number of carbonyl (C=O) groups is 1. The van der Waals surface area contributed by atoms with Gasteiger partial charge in [-0.15, -0.1) is 11.3 Å². The minimum Gasteiger partial charge on any atom is -0.340 e. The summed E-state index contributed by atoms with van der Waals surface area (Å²) in [5.41, 5.74) is 1.54. The van der Waals surface area contributed by atoms with Gasteiger partial charge >= 0.3 is 0 Å². The summed E-state index contributed by atoms with van der Waals surface area (Å²) in [5, 5.41) is 3.17. The highest BCUT2D eigenvalue weighted by atomic mass is 35.5. The molecule has 3 heterocycles. The van der Waals surface area contributed by atoms with Crippen LogP contribution in [0, 0.1) is 5.92 Å². The lowest BCUT2D eigenvalue weighted by atomic mass is 9.88. The number of amides is 1. The Morgan fingerprint density at radius 3 is 2.59 bits per heavy atom. The van der Waals surface area contributed by atoms with Crippen molar-refractivity contribution in [3.63, 3.8) is 0 Å². The maximum absolute atomic E-state index is 12.9. The van der Waals surface area contributed by atoms with E-state index in [0.717, 1.165) is 55.0 Å². The van der Waals surface area contributed by atoms with E-state index in [1.807, 2.05) is 34.5 Å². The van der Waals surface area contributed by atoms with Crippen molar-refractivity contribution in [3.05, 3.63) is 50.8 Å². The number of rotatable bonds is 4. The molecule has 0 radical (unpaired) electrons. The number of fused-ring (bicyclic) bond motifs is 1.